The maximum Gasteiger partial charge on any atom is 0.239 e. The molecule has 170 valence electrons. The number of amides is 1. The second-order valence-electron chi connectivity index (χ2n) is 8.42. The van der Waals surface area contributed by atoms with E-state index in [1.165, 1.54) is 0 Å². The Morgan fingerprint density at radius 3 is 2.36 bits per heavy atom. The van der Waals surface area contributed by atoms with Gasteiger partial charge in [-0.3, -0.25) is 9.69 Å². The van der Waals surface area contributed by atoms with Crippen LogP contribution in [0.5, 0.6) is 5.75 Å². The van der Waals surface area contributed by atoms with Crippen LogP contribution >= 0.6 is 0 Å². The Morgan fingerprint density at radius 2 is 1.70 bits per heavy atom. The van der Waals surface area contributed by atoms with Crippen LogP contribution in [0.4, 0.5) is 11.5 Å². The molecule has 0 spiro atoms. The molecule has 0 bridgehead atoms. The Bertz CT molecular complexity index is 1170. The largest absolute Gasteiger partial charge is 0.506 e. The van der Waals surface area contributed by atoms with Gasteiger partial charge >= 0.3 is 0 Å². The molecule has 2 N–H and O–H groups in total. The van der Waals surface area contributed by atoms with Crippen LogP contribution in [0.3, 0.4) is 0 Å². The minimum atomic E-state index is -0.130. The van der Waals surface area contributed by atoms with Crippen molar-refractivity contribution in [2.45, 2.75) is 20.4 Å². The Hall–Kier alpha value is -3.76. The summed E-state index contributed by atoms with van der Waals surface area (Å²) in [5.74, 6) is 0.709. The number of nitrogens with one attached hydrogen (secondary N) is 1. The lowest BCUT2D eigenvalue weighted by molar-refractivity contribution is -0.117. The van der Waals surface area contributed by atoms with Crippen LogP contribution in [0.2, 0.25) is 0 Å². The number of rotatable bonds is 6. The molecule has 1 saturated heterocycles. The zero-order chi connectivity index (χ0) is 23.4. The Balaban J connectivity index is 1.43. The van der Waals surface area contributed by atoms with Crippen LogP contribution in [0, 0.1) is 25.2 Å². The van der Waals surface area contributed by atoms with Gasteiger partial charge in [-0.25, -0.2) is 0 Å². The Kier molecular flexibility index (Phi) is 6.66. The molecule has 7 heteroatoms. The van der Waals surface area contributed by atoms with Crippen molar-refractivity contribution in [1.82, 2.24) is 9.47 Å². The second kappa shape index (κ2) is 9.80. The van der Waals surface area contributed by atoms with Crippen LogP contribution in [0.25, 0.3) is 0 Å². The molecule has 0 atom stereocenters. The number of nitrogens with zero attached hydrogens (tertiary/aromatic N) is 4. The zero-order valence-electron chi connectivity index (χ0n) is 19.1. The molecule has 0 radical (unpaired) electrons. The lowest BCUT2D eigenvalue weighted by atomic mass is 10.2. The molecular formula is C26H29N5O2. The number of phenolic OH excluding ortho intramolecular Hbond substituents is 1. The van der Waals surface area contributed by atoms with Gasteiger partial charge in [-0.15, -0.1) is 0 Å². The van der Waals surface area contributed by atoms with Gasteiger partial charge in [0.15, 0.2) is 0 Å². The normalized spacial score (nSPS) is 14.2. The van der Waals surface area contributed by atoms with E-state index in [0.29, 0.717) is 17.9 Å². The van der Waals surface area contributed by atoms with E-state index in [1.54, 1.807) is 6.07 Å². The number of piperazine rings is 1. The summed E-state index contributed by atoms with van der Waals surface area (Å²) in [5.41, 5.74) is 4.31. The Morgan fingerprint density at radius 1 is 1.03 bits per heavy atom. The van der Waals surface area contributed by atoms with Gasteiger partial charge < -0.3 is 19.9 Å². The molecule has 1 aliphatic rings. The third kappa shape index (κ3) is 4.86. The molecule has 3 aromatic rings. The second-order valence-corrected chi connectivity index (χ2v) is 8.42. The standard InChI is InChI=1S/C26H29N5O2/c1-19-20(2)31(17-21-8-4-3-5-9-21)26(22(19)16-27)28-25(33)18-29-12-14-30(15-13-29)23-10-6-7-11-24(23)32/h3-11,32H,12-15,17-18H2,1-2H3,(H,28,33). The predicted molar refractivity (Wildman–Crippen MR) is 130 cm³/mol. The average molecular weight is 444 g/mol. The number of para-hydroxylation sites is 2. The van der Waals surface area contributed by atoms with Gasteiger partial charge in [-0.2, -0.15) is 5.26 Å². The number of benzene rings is 2. The summed E-state index contributed by atoms with van der Waals surface area (Å²) in [6, 6.07) is 19.6. The van der Waals surface area contributed by atoms with Gasteiger partial charge in [-0.05, 0) is 37.1 Å². The number of aromatic hydroxyl groups is 1. The van der Waals surface area contributed by atoms with Gasteiger partial charge in [0.2, 0.25) is 5.91 Å². The molecular weight excluding hydrogens is 414 g/mol. The van der Waals surface area contributed by atoms with Crippen LogP contribution in [-0.4, -0.2) is 53.2 Å². The highest BCUT2D eigenvalue weighted by Gasteiger charge is 2.23. The topological polar surface area (TPSA) is 84.5 Å². The van der Waals surface area contributed by atoms with Crippen molar-refractivity contribution in [2.75, 3.05) is 42.9 Å². The lowest BCUT2D eigenvalue weighted by Crippen LogP contribution is -2.48. The summed E-state index contributed by atoms with van der Waals surface area (Å²) >= 11 is 0. The number of carbonyl (C=O) groups excluding carboxylic acids is 1. The van der Waals surface area contributed by atoms with Gasteiger partial charge in [0, 0.05) is 38.4 Å². The van der Waals surface area contributed by atoms with E-state index in [1.807, 2.05) is 66.9 Å². The van der Waals surface area contributed by atoms with Crippen molar-refractivity contribution in [1.29, 1.82) is 5.26 Å². The van der Waals surface area contributed by atoms with E-state index < -0.39 is 0 Å². The first-order valence-electron chi connectivity index (χ1n) is 11.2. The fourth-order valence-corrected chi connectivity index (χ4v) is 4.35. The molecule has 0 saturated carbocycles. The number of hydrogen-bond acceptors (Lipinski definition) is 5. The molecule has 1 aromatic heterocycles. The summed E-state index contributed by atoms with van der Waals surface area (Å²) in [6.45, 7) is 7.65. The summed E-state index contributed by atoms with van der Waals surface area (Å²) in [6.07, 6.45) is 0. The highest BCUT2D eigenvalue weighted by atomic mass is 16.3. The number of nitriles is 1. The van der Waals surface area contributed by atoms with E-state index in [9.17, 15) is 15.2 Å². The third-order valence-electron chi connectivity index (χ3n) is 6.34. The van der Waals surface area contributed by atoms with Crippen molar-refractivity contribution in [3.63, 3.8) is 0 Å². The minimum absolute atomic E-state index is 0.130. The molecule has 0 aliphatic carbocycles. The monoisotopic (exact) mass is 443 g/mol. The van der Waals surface area contributed by atoms with E-state index >= 15 is 0 Å². The predicted octanol–water partition coefficient (Wildman–Crippen LogP) is 3.49. The number of anilines is 2. The van der Waals surface area contributed by atoms with Gasteiger partial charge in [0.25, 0.3) is 0 Å². The minimum Gasteiger partial charge on any atom is -0.506 e. The van der Waals surface area contributed by atoms with Crippen molar-refractivity contribution < 1.29 is 9.90 Å². The molecule has 2 aromatic carbocycles. The SMILES string of the molecule is Cc1c(C#N)c(NC(=O)CN2CCN(c3ccccc3O)CC2)n(Cc2ccccc2)c1C. The van der Waals surface area contributed by atoms with E-state index in [2.05, 4.69) is 21.2 Å². The summed E-state index contributed by atoms with van der Waals surface area (Å²) in [7, 11) is 0. The number of phenols is 1. The molecule has 33 heavy (non-hydrogen) atoms. The fourth-order valence-electron chi connectivity index (χ4n) is 4.35. The van der Waals surface area contributed by atoms with Gasteiger partial charge in [0.05, 0.1) is 17.8 Å². The first-order chi connectivity index (χ1) is 16.0. The molecule has 1 aliphatic heterocycles. The maximum atomic E-state index is 13.0. The van der Waals surface area contributed by atoms with E-state index in [0.717, 1.165) is 48.7 Å². The molecule has 1 fully saturated rings. The summed E-state index contributed by atoms with van der Waals surface area (Å²) in [4.78, 5) is 17.2. The van der Waals surface area contributed by atoms with Gasteiger partial charge in [0.1, 0.15) is 17.6 Å². The zero-order valence-corrected chi connectivity index (χ0v) is 19.1. The average Bonchev–Trinajstić information content (AvgIpc) is 3.04. The van der Waals surface area contributed by atoms with E-state index in [4.69, 9.17) is 0 Å². The quantitative estimate of drug-likeness (QED) is 0.609. The van der Waals surface area contributed by atoms with Crippen LogP contribution in [0.15, 0.2) is 54.6 Å². The third-order valence-corrected chi connectivity index (χ3v) is 6.34. The van der Waals surface area contributed by atoms with Crippen molar-refractivity contribution in [2.24, 2.45) is 0 Å². The first kappa shape index (κ1) is 22.4. The highest BCUT2D eigenvalue weighted by Crippen LogP contribution is 2.28. The molecule has 7 nitrogen and oxygen atoms in total. The summed E-state index contributed by atoms with van der Waals surface area (Å²) in [5, 5.41) is 22.9. The first-order valence-corrected chi connectivity index (χ1v) is 11.2. The van der Waals surface area contributed by atoms with Crippen LogP contribution in [0.1, 0.15) is 22.4 Å². The smallest absolute Gasteiger partial charge is 0.239 e. The van der Waals surface area contributed by atoms with Crippen LogP contribution in [-0.2, 0) is 11.3 Å². The number of hydrogen-bond donors (Lipinski definition) is 2. The van der Waals surface area contributed by atoms with Crippen molar-refractivity contribution in [3.05, 3.63) is 77.0 Å². The fraction of sp³-hybridized carbons (Fsp3) is 0.308. The molecule has 0 unspecified atom stereocenters. The van der Waals surface area contributed by atoms with E-state index in [-0.39, 0.29) is 18.2 Å². The van der Waals surface area contributed by atoms with Gasteiger partial charge in [-0.1, -0.05) is 42.5 Å². The number of carbonyl (C=O) groups is 1. The lowest BCUT2D eigenvalue weighted by Gasteiger charge is -2.35. The van der Waals surface area contributed by atoms with Crippen LogP contribution < -0.4 is 10.2 Å². The number of aromatic nitrogens is 1. The summed E-state index contributed by atoms with van der Waals surface area (Å²) < 4.78 is 2.01. The van der Waals surface area contributed by atoms with Crippen molar-refractivity contribution in [3.8, 4) is 11.8 Å². The Labute approximate surface area is 194 Å². The highest BCUT2D eigenvalue weighted by molar-refractivity contribution is 5.93. The molecule has 1 amide bonds. The molecule has 4 rings (SSSR count). The molecule has 2 heterocycles. The van der Waals surface area contributed by atoms with Crippen molar-refractivity contribution >= 4 is 17.4 Å². The maximum absolute atomic E-state index is 13.0.